The van der Waals surface area contributed by atoms with Crippen molar-refractivity contribution in [2.24, 2.45) is 5.92 Å². The number of aromatic nitrogens is 2. The van der Waals surface area contributed by atoms with Crippen molar-refractivity contribution < 1.29 is 27.5 Å². The van der Waals surface area contributed by atoms with E-state index in [1.54, 1.807) is 10.3 Å². The van der Waals surface area contributed by atoms with Crippen LogP contribution in [-0.4, -0.2) is 42.0 Å². The lowest BCUT2D eigenvalue weighted by atomic mass is 9.96. The number of piperidine rings is 1. The van der Waals surface area contributed by atoms with E-state index in [1.807, 2.05) is 0 Å². The zero-order chi connectivity index (χ0) is 21.9. The SMILES string of the molecule is COC(=O)Cc1csc(NC(=O)C2CCN(c3ncc(C(F)(F)F)cc3Cl)CC2)n1. The molecule has 30 heavy (non-hydrogen) atoms. The van der Waals surface area contributed by atoms with E-state index >= 15 is 0 Å². The number of pyridine rings is 1. The van der Waals surface area contributed by atoms with Gasteiger partial charge in [-0.3, -0.25) is 9.59 Å². The third kappa shape index (κ3) is 5.39. The van der Waals surface area contributed by atoms with Crippen molar-refractivity contribution in [2.45, 2.75) is 25.4 Å². The molecule has 2 aromatic heterocycles. The van der Waals surface area contributed by atoms with Gasteiger partial charge in [0.25, 0.3) is 0 Å². The Labute approximate surface area is 179 Å². The summed E-state index contributed by atoms with van der Waals surface area (Å²) in [5.41, 5.74) is -0.388. The van der Waals surface area contributed by atoms with Gasteiger partial charge in [0.1, 0.15) is 5.82 Å². The second kappa shape index (κ2) is 9.17. The molecule has 162 valence electrons. The second-order valence-corrected chi connectivity index (χ2v) is 7.94. The summed E-state index contributed by atoms with van der Waals surface area (Å²) in [4.78, 5) is 33.6. The number of anilines is 2. The van der Waals surface area contributed by atoms with Crippen LogP contribution < -0.4 is 10.2 Å². The highest BCUT2D eigenvalue weighted by Crippen LogP contribution is 2.34. The molecule has 1 aliphatic heterocycles. The highest BCUT2D eigenvalue weighted by atomic mass is 35.5. The number of nitrogens with zero attached hydrogens (tertiary/aromatic N) is 3. The fourth-order valence-electron chi connectivity index (χ4n) is 3.04. The van der Waals surface area contributed by atoms with Crippen LogP contribution in [0.25, 0.3) is 0 Å². The van der Waals surface area contributed by atoms with Gasteiger partial charge in [-0.25, -0.2) is 9.97 Å². The summed E-state index contributed by atoms with van der Waals surface area (Å²) in [5, 5.41) is 4.74. The van der Waals surface area contributed by atoms with E-state index < -0.39 is 17.7 Å². The van der Waals surface area contributed by atoms with Gasteiger partial charge in [0, 0.05) is 30.6 Å². The molecular formula is C18H18ClF3N4O3S. The summed E-state index contributed by atoms with van der Waals surface area (Å²) < 4.78 is 42.9. The zero-order valence-corrected chi connectivity index (χ0v) is 17.4. The van der Waals surface area contributed by atoms with Crippen LogP contribution in [0, 0.1) is 5.92 Å². The maximum Gasteiger partial charge on any atom is 0.417 e. The minimum Gasteiger partial charge on any atom is -0.469 e. The highest BCUT2D eigenvalue weighted by Gasteiger charge is 2.33. The first-order valence-electron chi connectivity index (χ1n) is 8.97. The van der Waals surface area contributed by atoms with Crippen molar-refractivity contribution in [1.29, 1.82) is 0 Å². The predicted octanol–water partition coefficient (Wildman–Crippen LogP) is 3.78. The molecule has 3 rings (SSSR count). The second-order valence-electron chi connectivity index (χ2n) is 6.67. The average Bonchev–Trinajstić information content (AvgIpc) is 3.13. The molecule has 1 fully saturated rings. The summed E-state index contributed by atoms with van der Waals surface area (Å²) in [6.07, 6.45) is -2.74. The van der Waals surface area contributed by atoms with Crippen molar-refractivity contribution in [3.63, 3.8) is 0 Å². The molecular weight excluding hydrogens is 445 g/mol. The van der Waals surface area contributed by atoms with E-state index in [0.29, 0.717) is 36.8 Å². The number of methoxy groups -OCH3 is 1. The number of nitrogens with one attached hydrogen (secondary N) is 1. The van der Waals surface area contributed by atoms with Gasteiger partial charge >= 0.3 is 12.1 Å². The topological polar surface area (TPSA) is 84.4 Å². The lowest BCUT2D eigenvalue weighted by molar-refractivity contribution is -0.140. The third-order valence-electron chi connectivity index (χ3n) is 4.65. The minimum absolute atomic E-state index is 0.0299. The normalized spacial score (nSPS) is 15.2. The molecule has 0 radical (unpaired) electrons. The van der Waals surface area contributed by atoms with Gasteiger partial charge in [-0.1, -0.05) is 11.6 Å². The van der Waals surface area contributed by atoms with Crippen LogP contribution >= 0.6 is 22.9 Å². The number of carbonyl (C=O) groups is 2. The lowest BCUT2D eigenvalue weighted by Gasteiger charge is -2.32. The Hall–Kier alpha value is -2.40. The monoisotopic (exact) mass is 462 g/mol. The summed E-state index contributed by atoms with van der Waals surface area (Å²) in [5.74, 6) is -0.612. The Balaban J connectivity index is 1.55. The maximum atomic E-state index is 12.8. The highest BCUT2D eigenvalue weighted by molar-refractivity contribution is 7.13. The van der Waals surface area contributed by atoms with Crippen LogP contribution in [0.1, 0.15) is 24.1 Å². The van der Waals surface area contributed by atoms with Crippen LogP contribution in [0.4, 0.5) is 24.1 Å². The minimum atomic E-state index is -4.51. The molecule has 0 spiro atoms. The van der Waals surface area contributed by atoms with E-state index in [9.17, 15) is 22.8 Å². The molecule has 12 heteroatoms. The summed E-state index contributed by atoms with van der Waals surface area (Å²) in [6, 6.07) is 0.858. The standard InChI is InChI=1S/C18H18ClF3N4O3S/c1-29-14(27)7-12-9-30-17(24-12)25-16(28)10-2-4-26(5-3-10)15-13(19)6-11(8-23-15)18(20,21)22/h6,8-10H,2-5,7H2,1H3,(H,24,25,28). The molecule has 0 aliphatic carbocycles. The number of amides is 1. The molecule has 3 heterocycles. The molecule has 1 N–H and O–H groups in total. The molecule has 7 nitrogen and oxygen atoms in total. The van der Waals surface area contributed by atoms with Crippen molar-refractivity contribution in [2.75, 3.05) is 30.4 Å². The maximum absolute atomic E-state index is 12.8. The van der Waals surface area contributed by atoms with Crippen molar-refractivity contribution in [1.82, 2.24) is 9.97 Å². The first-order valence-corrected chi connectivity index (χ1v) is 10.2. The molecule has 1 aliphatic rings. The van der Waals surface area contributed by atoms with Gasteiger partial charge in [-0.2, -0.15) is 13.2 Å². The number of alkyl halides is 3. The van der Waals surface area contributed by atoms with Crippen molar-refractivity contribution in [3.8, 4) is 0 Å². The number of esters is 1. The van der Waals surface area contributed by atoms with Crippen molar-refractivity contribution in [3.05, 3.63) is 33.9 Å². The number of carbonyl (C=O) groups excluding carboxylic acids is 2. The third-order valence-corrected chi connectivity index (χ3v) is 5.73. The van der Waals surface area contributed by atoms with Crippen LogP contribution in [0.2, 0.25) is 5.02 Å². The number of thiazole rings is 1. The van der Waals surface area contributed by atoms with Crippen LogP contribution in [0.5, 0.6) is 0 Å². The number of halogens is 4. The van der Waals surface area contributed by atoms with Crippen LogP contribution in [-0.2, 0) is 26.9 Å². The van der Waals surface area contributed by atoms with E-state index in [4.69, 9.17) is 11.6 Å². The largest absolute Gasteiger partial charge is 0.469 e. The van der Waals surface area contributed by atoms with Gasteiger partial charge in [0.2, 0.25) is 5.91 Å². The predicted molar refractivity (Wildman–Crippen MR) is 106 cm³/mol. The first kappa shape index (κ1) is 22.3. The summed E-state index contributed by atoms with van der Waals surface area (Å²) in [7, 11) is 1.29. The molecule has 0 saturated carbocycles. The Kier molecular flexibility index (Phi) is 6.81. The molecule has 0 unspecified atom stereocenters. The van der Waals surface area contributed by atoms with Crippen molar-refractivity contribution >= 4 is 45.8 Å². The fourth-order valence-corrected chi connectivity index (χ4v) is 4.04. The van der Waals surface area contributed by atoms with Gasteiger partial charge < -0.3 is 15.0 Å². The Bertz CT molecular complexity index is 930. The Morgan fingerprint density at radius 2 is 2.07 bits per heavy atom. The molecule has 0 atom stereocenters. The number of hydrogen-bond donors (Lipinski definition) is 1. The van der Waals surface area contributed by atoms with Crippen LogP contribution in [0.3, 0.4) is 0 Å². The molecule has 0 bridgehead atoms. The van der Waals surface area contributed by atoms with Gasteiger partial charge in [0.05, 0.1) is 29.8 Å². The van der Waals surface area contributed by atoms with E-state index in [1.165, 1.54) is 18.4 Å². The van der Waals surface area contributed by atoms with Gasteiger partial charge in [-0.15, -0.1) is 11.3 Å². The number of ether oxygens (including phenoxy) is 1. The lowest BCUT2D eigenvalue weighted by Crippen LogP contribution is -2.38. The van der Waals surface area contributed by atoms with Crippen LogP contribution in [0.15, 0.2) is 17.6 Å². The van der Waals surface area contributed by atoms with E-state index in [-0.39, 0.29) is 29.1 Å². The number of hydrogen-bond acceptors (Lipinski definition) is 7. The summed E-state index contributed by atoms with van der Waals surface area (Å²) >= 11 is 7.22. The van der Waals surface area contributed by atoms with E-state index in [0.717, 1.165) is 12.3 Å². The molecule has 1 amide bonds. The average molecular weight is 463 g/mol. The molecule has 2 aromatic rings. The smallest absolute Gasteiger partial charge is 0.417 e. The zero-order valence-electron chi connectivity index (χ0n) is 15.8. The molecule has 0 aromatic carbocycles. The Morgan fingerprint density at radius 3 is 2.67 bits per heavy atom. The van der Waals surface area contributed by atoms with Gasteiger partial charge in [0.15, 0.2) is 5.13 Å². The quantitative estimate of drug-likeness (QED) is 0.681. The first-order chi connectivity index (χ1) is 14.2. The summed E-state index contributed by atoms with van der Waals surface area (Å²) in [6.45, 7) is 0.864. The molecule has 1 saturated heterocycles. The Morgan fingerprint density at radius 1 is 1.37 bits per heavy atom. The van der Waals surface area contributed by atoms with E-state index in [2.05, 4.69) is 20.0 Å². The number of rotatable bonds is 5. The van der Waals surface area contributed by atoms with Gasteiger partial charge in [-0.05, 0) is 18.9 Å². The fraction of sp³-hybridized carbons (Fsp3) is 0.444.